The molecule has 3 saturated carbocycles. The molecule has 0 bridgehead atoms. The van der Waals surface area contributed by atoms with Crippen molar-refractivity contribution in [2.75, 3.05) is 46.2 Å². The molecule has 0 heterocycles. The van der Waals surface area contributed by atoms with Crippen LogP contribution in [-0.4, -0.2) is 118 Å². The van der Waals surface area contributed by atoms with E-state index in [9.17, 15) is 57.5 Å². The molecule has 0 spiro atoms. The van der Waals surface area contributed by atoms with Crippen LogP contribution in [0, 0.1) is 35.5 Å². The first-order valence-corrected chi connectivity index (χ1v) is 28.8. The Labute approximate surface area is 498 Å². The molecule has 3 fully saturated rings. The molecular weight excluding hydrogens is 1120 g/mol. The lowest BCUT2D eigenvalue weighted by Crippen LogP contribution is -2.30. The highest BCUT2D eigenvalue weighted by Crippen LogP contribution is 2.37. The zero-order valence-corrected chi connectivity index (χ0v) is 48.1. The molecule has 464 valence electrons. The van der Waals surface area contributed by atoms with Gasteiger partial charge in [-0.25, -0.2) is 24.0 Å². The van der Waals surface area contributed by atoms with Crippen molar-refractivity contribution >= 4 is 71.4 Å². The van der Waals surface area contributed by atoms with Gasteiger partial charge in [-0.1, -0.05) is 26.3 Å². The molecule has 23 nitrogen and oxygen atoms in total. The molecule has 0 N–H and O–H groups in total. The van der Waals surface area contributed by atoms with E-state index in [4.69, 9.17) is 52.1 Å². The van der Waals surface area contributed by atoms with E-state index < -0.39 is 101 Å². The second kappa shape index (κ2) is 36.2. The number of rotatable bonds is 33. The van der Waals surface area contributed by atoms with E-state index in [-0.39, 0.29) is 125 Å². The molecule has 0 aromatic heterocycles. The van der Waals surface area contributed by atoms with Gasteiger partial charge in [0.25, 0.3) is 0 Å². The zero-order chi connectivity index (χ0) is 62.4. The summed E-state index contributed by atoms with van der Waals surface area (Å²) in [6, 6.07) is 7.79. The van der Waals surface area contributed by atoms with Crippen LogP contribution in [0.25, 0.3) is 0 Å². The minimum atomic E-state index is -0.990. The van der Waals surface area contributed by atoms with Crippen LogP contribution in [0.1, 0.15) is 136 Å². The van der Waals surface area contributed by atoms with Crippen molar-refractivity contribution in [2.24, 2.45) is 35.5 Å². The molecule has 86 heavy (non-hydrogen) atoms. The quantitative estimate of drug-likeness (QED) is 0.0163. The average Bonchev–Trinajstić information content (AvgIpc) is 2.52. The number of benzene rings is 2. The number of ketones is 1. The van der Waals surface area contributed by atoms with Crippen LogP contribution in [0.2, 0.25) is 0 Å². The SMILES string of the molecule is C=CC(=O)OCCCCOC(=O)C1CCC(C(=O)Oc2ccc(OC(=O)C3CCC(C(=O)Oc4ccc(OC(=O)C5CCC(C(=O)OCCCCOC(=O)C=C)CC5)c(C(=O)OCCOC(=O)C=C)c4)CC3)cc2C(=O)CCCOC(=O)C=C)CC1. The van der Waals surface area contributed by atoms with E-state index in [1.54, 1.807) is 0 Å². The summed E-state index contributed by atoms with van der Waals surface area (Å²) in [5.41, 5.74) is -0.337. The summed E-state index contributed by atoms with van der Waals surface area (Å²) in [6.07, 6.45) is 9.49. The number of carbonyl (C=O) groups excluding carboxylic acids is 12. The molecule has 23 heteroatoms. The molecule has 0 atom stereocenters. The van der Waals surface area contributed by atoms with Crippen molar-refractivity contribution in [3.63, 3.8) is 0 Å². The summed E-state index contributed by atoms with van der Waals surface area (Å²) in [5.74, 6) is -11.2. The van der Waals surface area contributed by atoms with Gasteiger partial charge >= 0.3 is 65.7 Å². The van der Waals surface area contributed by atoms with Gasteiger partial charge in [0.1, 0.15) is 41.8 Å². The predicted molar refractivity (Wildman–Crippen MR) is 301 cm³/mol. The van der Waals surface area contributed by atoms with Gasteiger partial charge in [0.2, 0.25) is 0 Å². The molecule has 3 aliphatic rings. The third kappa shape index (κ3) is 22.7. The van der Waals surface area contributed by atoms with Crippen LogP contribution in [-0.2, 0) is 81.1 Å². The van der Waals surface area contributed by atoms with Crippen LogP contribution in [0.4, 0.5) is 0 Å². The van der Waals surface area contributed by atoms with E-state index in [0.717, 1.165) is 24.3 Å². The Balaban J connectivity index is 1.15. The molecule has 5 rings (SSSR count). The number of esters is 11. The molecule has 2 aromatic carbocycles. The van der Waals surface area contributed by atoms with Gasteiger partial charge in [0.15, 0.2) is 5.78 Å². The molecular formula is C63H74O23. The molecule has 0 unspecified atom stereocenters. The normalized spacial score (nSPS) is 18.8. The van der Waals surface area contributed by atoms with Crippen molar-refractivity contribution in [3.8, 4) is 23.0 Å². The Hall–Kier alpha value is -8.76. The number of unbranched alkanes of at least 4 members (excludes halogenated alkanes) is 2. The minimum absolute atomic E-state index is 0.0173. The second-order valence-corrected chi connectivity index (χ2v) is 20.5. The fourth-order valence-electron chi connectivity index (χ4n) is 9.64. The topological polar surface area (TPSA) is 306 Å². The van der Waals surface area contributed by atoms with Gasteiger partial charge in [-0.2, -0.15) is 0 Å². The Morgan fingerprint density at radius 2 is 0.628 bits per heavy atom. The van der Waals surface area contributed by atoms with Gasteiger partial charge < -0.3 is 52.1 Å². The predicted octanol–water partition coefficient (Wildman–Crippen LogP) is 8.11. The summed E-state index contributed by atoms with van der Waals surface area (Å²) >= 11 is 0. The Morgan fingerprint density at radius 3 is 1.00 bits per heavy atom. The van der Waals surface area contributed by atoms with Crippen molar-refractivity contribution in [1.82, 2.24) is 0 Å². The average molecular weight is 1200 g/mol. The number of Topliss-reactive ketones (excluding diaryl/α,β-unsaturated/α-hetero) is 1. The van der Waals surface area contributed by atoms with Crippen LogP contribution in [0.3, 0.4) is 0 Å². The highest BCUT2D eigenvalue weighted by atomic mass is 16.6. The zero-order valence-electron chi connectivity index (χ0n) is 48.1. The van der Waals surface area contributed by atoms with Gasteiger partial charge in [0, 0.05) is 30.7 Å². The first-order chi connectivity index (χ1) is 41.4. The number of hydrogen-bond acceptors (Lipinski definition) is 23. The highest BCUT2D eigenvalue weighted by molar-refractivity contribution is 6.00. The standard InChI is InChI=1S/C63H74O23/c1-5-53(65)76-31-9-11-33-80-57(69)40-15-19-44(20-16-40)61(73)85-51-29-27-46(38-48(51)50(64)14-13-35-78-55(67)7-3)83-59(71)42-23-25-43(26-24-42)60(72)84-47-28-30-52(49(39-47)63(75)82-37-36-79-56(68)8-4)86-62(74)45-21-17-41(18-22-45)58(70)81-34-12-10-32-77-54(66)6-2/h5-8,27-30,38-45H,1-4,9-26,31-37H2. The van der Waals surface area contributed by atoms with Gasteiger partial charge in [-0.3, -0.25) is 33.6 Å². The Bertz CT molecular complexity index is 2600. The lowest BCUT2D eigenvalue weighted by atomic mass is 9.82. The maximum atomic E-state index is 13.7. The van der Waals surface area contributed by atoms with E-state index in [0.29, 0.717) is 77.0 Å². The fraction of sp³-hybridized carbons (Fsp3) is 0.492. The number of hydrogen-bond donors (Lipinski definition) is 0. The third-order valence-corrected chi connectivity index (χ3v) is 14.5. The summed E-state index contributed by atoms with van der Waals surface area (Å²) in [7, 11) is 0. The lowest BCUT2D eigenvalue weighted by Gasteiger charge is -2.26. The number of ether oxygens (including phenoxy) is 11. The second-order valence-electron chi connectivity index (χ2n) is 20.5. The largest absolute Gasteiger partial charge is 0.465 e. The van der Waals surface area contributed by atoms with Crippen molar-refractivity contribution in [3.05, 3.63) is 98.1 Å². The number of carbonyl (C=O) groups is 12. The molecule has 3 aliphatic carbocycles. The maximum Gasteiger partial charge on any atom is 0.342 e. The van der Waals surface area contributed by atoms with E-state index in [2.05, 4.69) is 26.3 Å². The van der Waals surface area contributed by atoms with Gasteiger partial charge in [-0.15, -0.1) is 0 Å². The third-order valence-electron chi connectivity index (χ3n) is 14.5. The van der Waals surface area contributed by atoms with Crippen LogP contribution in [0.15, 0.2) is 87.0 Å². The highest BCUT2D eigenvalue weighted by Gasteiger charge is 2.36. The Morgan fingerprint density at radius 1 is 0.337 bits per heavy atom. The summed E-state index contributed by atoms with van der Waals surface area (Å²) in [4.78, 5) is 152. The molecule has 0 aliphatic heterocycles. The van der Waals surface area contributed by atoms with Crippen LogP contribution < -0.4 is 18.9 Å². The van der Waals surface area contributed by atoms with E-state index in [1.807, 2.05) is 0 Å². The Kier molecular flexibility index (Phi) is 28.6. The monoisotopic (exact) mass is 1200 g/mol. The minimum Gasteiger partial charge on any atom is -0.465 e. The maximum absolute atomic E-state index is 13.7. The summed E-state index contributed by atoms with van der Waals surface area (Å²) < 4.78 is 58.8. The lowest BCUT2D eigenvalue weighted by molar-refractivity contribution is -0.152. The fourth-order valence-corrected chi connectivity index (χ4v) is 9.64. The molecule has 0 radical (unpaired) electrons. The van der Waals surface area contributed by atoms with E-state index in [1.165, 1.54) is 36.4 Å². The van der Waals surface area contributed by atoms with Crippen molar-refractivity contribution in [1.29, 1.82) is 0 Å². The van der Waals surface area contributed by atoms with Crippen molar-refractivity contribution < 1.29 is 110 Å². The first-order valence-electron chi connectivity index (χ1n) is 28.8. The van der Waals surface area contributed by atoms with E-state index >= 15 is 0 Å². The molecule has 0 saturated heterocycles. The smallest absolute Gasteiger partial charge is 0.342 e. The van der Waals surface area contributed by atoms with Crippen LogP contribution >= 0.6 is 0 Å². The first kappa shape index (κ1) is 68.0. The van der Waals surface area contributed by atoms with Gasteiger partial charge in [-0.05, 0) is 146 Å². The molecule has 2 aromatic rings. The summed E-state index contributed by atoms with van der Waals surface area (Å²) in [6.45, 7) is 13.2. The van der Waals surface area contributed by atoms with Crippen molar-refractivity contribution in [2.45, 2.75) is 116 Å². The summed E-state index contributed by atoms with van der Waals surface area (Å²) in [5, 5.41) is 0. The van der Waals surface area contributed by atoms with Crippen LogP contribution in [0.5, 0.6) is 23.0 Å². The van der Waals surface area contributed by atoms with Gasteiger partial charge in [0.05, 0.1) is 74.1 Å². The molecule has 0 amide bonds.